The van der Waals surface area contributed by atoms with E-state index in [1.807, 2.05) is 25.1 Å². The van der Waals surface area contributed by atoms with Crippen LogP contribution in [-0.2, 0) is 0 Å². The summed E-state index contributed by atoms with van der Waals surface area (Å²) in [6.45, 7) is 11.2. The fourth-order valence-corrected chi connectivity index (χ4v) is 3.82. The number of aryl methyl sites for hydroxylation is 1. The van der Waals surface area contributed by atoms with Gasteiger partial charge in [-0.2, -0.15) is 8.98 Å². The SMILES string of the molecule is C=C(/C=C(/NCC1C=CC=C(CC)C1)n1ncc(SF)c1C)c1ccccc1C. The number of nitrogens with zero attached hydrogens (tertiary/aromatic N) is 2. The zero-order valence-corrected chi connectivity index (χ0v) is 18.1. The monoisotopic (exact) mass is 409 g/mol. The van der Waals surface area contributed by atoms with Gasteiger partial charge in [-0.1, -0.05) is 61.6 Å². The fourth-order valence-electron chi connectivity index (χ4n) is 3.54. The smallest absolute Gasteiger partial charge is 0.128 e. The number of aromatic nitrogens is 2. The summed E-state index contributed by atoms with van der Waals surface area (Å²) in [6.07, 6.45) is 12.3. The first-order valence-corrected chi connectivity index (χ1v) is 10.7. The van der Waals surface area contributed by atoms with Crippen LogP contribution in [0.5, 0.6) is 0 Å². The predicted octanol–water partition coefficient (Wildman–Crippen LogP) is 6.49. The summed E-state index contributed by atoms with van der Waals surface area (Å²) in [5.41, 5.74) is 5.37. The van der Waals surface area contributed by atoms with E-state index in [0.29, 0.717) is 10.8 Å². The average Bonchev–Trinajstić information content (AvgIpc) is 3.11. The standard InChI is InChI=1S/C24H28FN3S/c1-5-20-10-8-11-21(14-20)15-26-24(28-19(4)23(29-25)16-27-28)13-18(3)22-12-7-6-9-17(22)2/h6-13,16,21,26H,3,5,14-15H2,1-2,4H3/b24-13-. The van der Waals surface area contributed by atoms with E-state index in [1.165, 1.54) is 11.1 Å². The molecule has 3 rings (SSSR count). The molecule has 0 amide bonds. The lowest BCUT2D eigenvalue weighted by molar-refractivity contribution is 0.585. The molecular weight excluding hydrogens is 381 g/mol. The molecule has 0 bridgehead atoms. The Labute approximate surface area is 177 Å². The van der Waals surface area contributed by atoms with Gasteiger partial charge in [0, 0.05) is 6.54 Å². The van der Waals surface area contributed by atoms with Crippen LogP contribution in [0.1, 0.15) is 36.6 Å². The van der Waals surface area contributed by atoms with Crippen LogP contribution in [0.2, 0.25) is 0 Å². The Bertz CT molecular complexity index is 968. The van der Waals surface area contributed by atoms with E-state index in [2.05, 4.69) is 61.2 Å². The van der Waals surface area contributed by atoms with Crippen LogP contribution in [-0.4, -0.2) is 16.3 Å². The lowest BCUT2D eigenvalue weighted by Crippen LogP contribution is -2.25. The molecule has 5 heteroatoms. The predicted molar refractivity (Wildman–Crippen MR) is 122 cm³/mol. The number of hydrogen-bond donors (Lipinski definition) is 1. The molecule has 1 unspecified atom stereocenters. The zero-order valence-electron chi connectivity index (χ0n) is 17.3. The normalized spacial score (nSPS) is 16.6. The summed E-state index contributed by atoms with van der Waals surface area (Å²) in [7, 11) is 0. The van der Waals surface area contributed by atoms with Crippen LogP contribution >= 0.6 is 12.1 Å². The second-order valence-corrected chi connectivity index (χ2v) is 7.96. The van der Waals surface area contributed by atoms with Crippen molar-refractivity contribution in [2.45, 2.75) is 38.5 Å². The first-order chi connectivity index (χ1) is 14.0. The summed E-state index contributed by atoms with van der Waals surface area (Å²) < 4.78 is 15.0. The third kappa shape index (κ3) is 5.10. The third-order valence-corrected chi connectivity index (χ3v) is 5.88. The first kappa shape index (κ1) is 21.2. The second-order valence-electron chi connectivity index (χ2n) is 7.36. The number of rotatable bonds is 8. The van der Waals surface area contributed by atoms with Crippen LogP contribution in [0.4, 0.5) is 3.89 Å². The molecule has 0 spiro atoms. The van der Waals surface area contributed by atoms with Gasteiger partial charge in [0.25, 0.3) is 0 Å². The van der Waals surface area contributed by atoms with Crippen molar-refractivity contribution in [2.24, 2.45) is 5.92 Å². The average molecular weight is 410 g/mol. The van der Waals surface area contributed by atoms with Crippen molar-refractivity contribution in [1.29, 1.82) is 0 Å². The molecule has 3 nitrogen and oxygen atoms in total. The first-order valence-electron chi connectivity index (χ1n) is 9.93. The van der Waals surface area contributed by atoms with Crippen molar-refractivity contribution in [2.75, 3.05) is 6.54 Å². The number of halogens is 1. The molecule has 0 saturated carbocycles. The van der Waals surface area contributed by atoms with E-state index in [1.54, 1.807) is 10.9 Å². The third-order valence-electron chi connectivity index (χ3n) is 5.32. The van der Waals surface area contributed by atoms with Gasteiger partial charge in [-0.15, -0.1) is 0 Å². The van der Waals surface area contributed by atoms with Crippen molar-refractivity contribution in [3.05, 3.63) is 83.7 Å². The molecule has 29 heavy (non-hydrogen) atoms. The summed E-state index contributed by atoms with van der Waals surface area (Å²) in [5.74, 6) is 1.22. The highest BCUT2D eigenvalue weighted by Crippen LogP contribution is 2.26. The molecule has 1 aromatic carbocycles. The van der Waals surface area contributed by atoms with Crippen LogP contribution < -0.4 is 5.32 Å². The van der Waals surface area contributed by atoms with E-state index in [4.69, 9.17) is 0 Å². The van der Waals surface area contributed by atoms with Crippen molar-refractivity contribution in [3.63, 3.8) is 0 Å². The van der Waals surface area contributed by atoms with E-state index in [-0.39, 0.29) is 12.1 Å². The lowest BCUT2D eigenvalue weighted by atomic mass is 9.93. The minimum Gasteiger partial charge on any atom is -0.369 e. The summed E-state index contributed by atoms with van der Waals surface area (Å²) in [6, 6.07) is 8.17. The topological polar surface area (TPSA) is 29.9 Å². The van der Waals surface area contributed by atoms with Crippen molar-refractivity contribution >= 4 is 23.5 Å². The lowest BCUT2D eigenvalue weighted by Gasteiger charge is -2.21. The van der Waals surface area contributed by atoms with Gasteiger partial charge in [-0.25, -0.2) is 4.68 Å². The van der Waals surface area contributed by atoms with Gasteiger partial charge in [0.15, 0.2) is 0 Å². The Kier molecular flexibility index (Phi) is 7.15. The Morgan fingerprint density at radius 3 is 2.86 bits per heavy atom. The molecule has 1 atom stereocenters. The van der Waals surface area contributed by atoms with Gasteiger partial charge >= 0.3 is 0 Å². The number of allylic oxidation sites excluding steroid dienone is 5. The van der Waals surface area contributed by atoms with E-state index < -0.39 is 0 Å². The van der Waals surface area contributed by atoms with E-state index >= 15 is 0 Å². The molecule has 1 N–H and O–H groups in total. The Morgan fingerprint density at radius 2 is 2.17 bits per heavy atom. The molecule has 0 radical (unpaired) electrons. The highest BCUT2D eigenvalue weighted by atomic mass is 32.2. The van der Waals surface area contributed by atoms with Gasteiger partial charge < -0.3 is 5.32 Å². The molecule has 1 aliphatic carbocycles. The summed E-state index contributed by atoms with van der Waals surface area (Å²) in [4.78, 5) is 0.521. The summed E-state index contributed by atoms with van der Waals surface area (Å²) in [5, 5.41) is 7.94. The van der Waals surface area contributed by atoms with Crippen molar-refractivity contribution in [1.82, 2.24) is 15.1 Å². The van der Waals surface area contributed by atoms with Crippen LogP contribution in [0.3, 0.4) is 0 Å². The quantitative estimate of drug-likeness (QED) is 0.505. The maximum absolute atomic E-state index is 13.2. The molecule has 1 heterocycles. The molecule has 1 aromatic heterocycles. The second kappa shape index (κ2) is 9.79. The highest BCUT2D eigenvalue weighted by molar-refractivity contribution is 7.94. The Hall–Kier alpha value is -2.53. The minimum absolute atomic E-state index is 0.221. The van der Waals surface area contributed by atoms with E-state index in [0.717, 1.165) is 42.0 Å². The minimum atomic E-state index is 0.221. The van der Waals surface area contributed by atoms with Gasteiger partial charge in [-0.3, -0.25) is 0 Å². The number of nitrogens with one attached hydrogen (secondary N) is 1. The van der Waals surface area contributed by atoms with Gasteiger partial charge in [0.1, 0.15) is 5.82 Å². The Balaban J connectivity index is 1.87. The van der Waals surface area contributed by atoms with Gasteiger partial charge in [-0.05, 0) is 55.4 Å². The Morgan fingerprint density at radius 1 is 1.38 bits per heavy atom. The van der Waals surface area contributed by atoms with Crippen LogP contribution in [0, 0.1) is 19.8 Å². The van der Waals surface area contributed by atoms with Gasteiger partial charge in [0.2, 0.25) is 0 Å². The number of hydrogen-bond acceptors (Lipinski definition) is 3. The molecule has 0 saturated heterocycles. The fraction of sp³-hybridized carbons (Fsp3) is 0.292. The largest absolute Gasteiger partial charge is 0.369 e. The van der Waals surface area contributed by atoms with E-state index in [9.17, 15) is 3.89 Å². The van der Waals surface area contributed by atoms with Crippen LogP contribution in [0.25, 0.3) is 11.4 Å². The van der Waals surface area contributed by atoms with Crippen molar-refractivity contribution < 1.29 is 3.89 Å². The molecule has 152 valence electrons. The van der Waals surface area contributed by atoms with Crippen LogP contribution in [0.15, 0.2) is 71.8 Å². The molecule has 0 aliphatic heterocycles. The molecular formula is C24H28FN3S. The molecule has 0 fully saturated rings. The number of benzene rings is 1. The molecule has 1 aliphatic rings. The zero-order chi connectivity index (χ0) is 20.8. The summed E-state index contributed by atoms with van der Waals surface area (Å²) >= 11 is 0.221. The van der Waals surface area contributed by atoms with Crippen molar-refractivity contribution in [3.8, 4) is 0 Å². The maximum atomic E-state index is 13.2. The van der Waals surface area contributed by atoms with Gasteiger partial charge in [0.05, 0.1) is 28.9 Å². The maximum Gasteiger partial charge on any atom is 0.128 e. The molecule has 2 aromatic rings. The highest BCUT2D eigenvalue weighted by Gasteiger charge is 2.15.